The molecule has 0 aromatic heterocycles. The lowest BCUT2D eigenvalue weighted by Crippen LogP contribution is -2.43. The quantitative estimate of drug-likeness (QED) is 0.861. The minimum Gasteiger partial charge on any atom is -0.334 e. The molecule has 0 aliphatic carbocycles. The summed E-state index contributed by atoms with van der Waals surface area (Å²) in [5.74, 6) is -0.204. The number of carbonyl (C=O) groups is 1. The first-order valence-corrected chi connectivity index (χ1v) is 9.45. The molecule has 0 bridgehead atoms. The normalized spacial score (nSPS) is 18.2. The van der Waals surface area contributed by atoms with Crippen molar-refractivity contribution in [3.05, 3.63) is 48.0 Å². The van der Waals surface area contributed by atoms with Gasteiger partial charge in [0.2, 0.25) is 5.91 Å². The van der Waals surface area contributed by atoms with Crippen LogP contribution in [0.3, 0.4) is 0 Å². The molecule has 1 fully saturated rings. The van der Waals surface area contributed by atoms with Crippen LogP contribution in [-0.2, 0) is 15.0 Å². The van der Waals surface area contributed by atoms with Gasteiger partial charge in [-0.25, -0.2) is 4.72 Å². The number of benzene rings is 2. The van der Waals surface area contributed by atoms with E-state index in [4.69, 9.17) is 0 Å². The van der Waals surface area contributed by atoms with Gasteiger partial charge in [0.1, 0.15) is 0 Å². The second kappa shape index (κ2) is 6.88. The number of nitrogens with one attached hydrogen (secondary N) is 2. The summed E-state index contributed by atoms with van der Waals surface area (Å²) < 4.78 is 27.3. The number of amides is 1. The van der Waals surface area contributed by atoms with Crippen molar-refractivity contribution in [1.29, 1.82) is 0 Å². The van der Waals surface area contributed by atoms with Crippen molar-refractivity contribution in [1.82, 2.24) is 14.3 Å². The average molecular weight is 347 g/mol. The van der Waals surface area contributed by atoms with Gasteiger partial charge in [0.25, 0.3) is 10.2 Å². The van der Waals surface area contributed by atoms with Crippen LogP contribution in [0.4, 0.5) is 0 Å². The highest BCUT2D eigenvalue weighted by atomic mass is 32.2. The molecule has 128 valence electrons. The zero-order chi connectivity index (χ0) is 17.2. The lowest BCUT2D eigenvalue weighted by Gasteiger charge is -2.26. The second-order valence-corrected chi connectivity index (χ2v) is 7.55. The molecular weight excluding hydrogens is 326 g/mol. The molecule has 1 amide bonds. The lowest BCUT2D eigenvalue weighted by atomic mass is 9.97. The molecule has 7 heteroatoms. The fraction of sp³-hybridized carbons (Fsp3) is 0.353. The second-order valence-electron chi connectivity index (χ2n) is 5.84. The van der Waals surface area contributed by atoms with Crippen molar-refractivity contribution in [2.24, 2.45) is 0 Å². The van der Waals surface area contributed by atoms with Crippen LogP contribution in [0.25, 0.3) is 10.8 Å². The number of likely N-dealkylation sites (tertiary alicyclic amines) is 1. The average Bonchev–Trinajstić information content (AvgIpc) is 3.09. The summed E-state index contributed by atoms with van der Waals surface area (Å²) in [5, 5.41) is 2.28. The van der Waals surface area contributed by atoms with Gasteiger partial charge in [-0.3, -0.25) is 4.79 Å². The fourth-order valence-electron chi connectivity index (χ4n) is 3.26. The Morgan fingerprint density at radius 1 is 1.21 bits per heavy atom. The third kappa shape index (κ3) is 3.43. The zero-order valence-electron chi connectivity index (χ0n) is 13.5. The van der Waals surface area contributed by atoms with Crippen LogP contribution in [0.15, 0.2) is 42.5 Å². The van der Waals surface area contributed by atoms with E-state index in [0.717, 1.165) is 29.2 Å². The summed E-state index contributed by atoms with van der Waals surface area (Å²) in [6.07, 6.45) is 1.80. The van der Waals surface area contributed by atoms with Crippen LogP contribution in [0.2, 0.25) is 0 Å². The molecule has 1 atom stereocenters. The maximum atomic E-state index is 12.5. The van der Waals surface area contributed by atoms with Gasteiger partial charge in [-0.2, -0.15) is 13.1 Å². The van der Waals surface area contributed by atoms with Gasteiger partial charge in [0, 0.05) is 13.6 Å². The summed E-state index contributed by atoms with van der Waals surface area (Å²) in [5.41, 5.74) is 1.12. The van der Waals surface area contributed by atoms with Gasteiger partial charge in [0.05, 0.1) is 12.6 Å². The Bertz CT molecular complexity index is 846. The molecule has 1 saturated heterocycles. The number of nitrogens with zero attached hydrogens (tertiary/aromatic N) is 1. The molecular formula is C17H21N3O3S. The minimum atomic E-state index is -3.61. The predicted octanol–water partition coefficient (Wildman–Crippen LogP) is 1.56. The molecule has 1 heterocycles. The van der Waals surface area contributed by atoms with Crippen molar-refractivity contribution in [2.75, 3.05) is 20.1 Å². The molecule has 0 spiro atoms. The number of fused-ring (bicyclic) bond motifs is 1. The summed E-state index contributed by atoms with van der Waals surface area (Å²) in [4.78, 5) is 14.3. The van der Waals surface area contributed by atoms with Crippen LogP contribution in [-0.4, -0.2) is 39.4 Å². The van der Waals surface area contributed by atoms with Gasteiger partial charge >= 0.3 is 0 Å². The Morgan fingerprint density at radius 2 is 1.96 bits per heavy atom. The monoisotopic (exact) mass is 347 g/mol. The molecule has 3 rings (SSSR count). The number of carbonyl (C=O) groups excluding carboxylic acids is 1. The Kier molecular flexibility index (Phi) is 4.84. The first-order chi connectivity index (χ1) is 11.5. The minimum absolute atomic E-state index is 0.0114. The van der Waals surface area contributed by atoms with E-state index in [1.807, 2.05) is 18.2 Å². The van der Waals surface area contributed by atoms with Crippen molar-refractivity contribution in [3.8, 4) is 0 Å². The van der Waals surface area contributed by atoms with Crippen molar-refractivity contribution in [3.63, 3.8) is 0 Å². The number of hydrogen-bond acceptors (Lipinski definition) is 3. The van der Waals surface area contributed by atoms with E-state index in [1.165, 1.54) is 7.05 Å². The van der Waals surface area contributed by atoms with Crippen LogP contribution in [0.1, 0.15) is 24.4 Å². The molecule has 24 heavy (non-hydrogen) atoms. The maximum absolute atomic E-state index is 12.5. The Labute approximate surface area is 142 Å². The largest absolute Gasteiger partial charge is 0.334 e. The molecule has 6 nitrogen and oxygen atoms in total. The summed E-state index contributed by atoms with van der Waals surface area (Å²) >= 11 is 0. The van der Waals surface area contributed by atoms with E-state index in [1.54, 1.807) is 4.90 Å². The number of hydrogen-bond donors (Lipinski definition) is 2. The van der Waals surface area contributed by atoms with E-state index < -0.39 is 10.2 Å². The van der Waals surface area contributed by atoms with E-state index >= 15 is 0 Å². The molecule has 0 saturated carbocycles. The highest BCUT2D eigenvalue weighted by molar-refractivity contribution is 7.87. The van der Waals surface area contributed by atoms with Gasteiger partial charge < -0.3 is 4.90 Å². The van der Waals surface area contributed by atoms with E-state index in [0.29, 0.717) is 6.54 Å². The van der Waals surface area contributed by atoms with E-state index in [-0.39, 0.29) is 18.5 Å². The summed E-state index contributed by atoms with van der Waals surface area (Å²) in [7, 11) is -2.30. The number of rotatable bonds is 5. The van der Waals surface area contributed by atoms with Gasteiger partial charge in [-0.05, 0) is 29.2 Å². The zero-order valence-corrected chi connectivity index (χ0v) is 14.3. The predicted molar refractivity (Wildman–Crippen MR) is 93.6 cm³/mol. The first kappa shape index (κ1) is 16.9. The summed E-state index contributed by atoms with van der Waals surface area (Å²) in [6.45, 7) is 0.415. The molecule has 1 aliphatic heterocycles. The first-order valence-electron chi connectivity index (χ1n) is 7.97. The van der Waals surface area contributed by atoms with Crippen LogP contribution >= 0.6 is 0 Å². The maximum Gasteiger partial charge on any atom is 0.277 e. The van der Waals surface area contributed by atoms with Crippen molar-refractivity contribution >= 4 is 26.9 Å². The molecule has 1 aliphatic rings. The van der Waals surface area contributed by atoms with Crippen LogP contribution in [0, 0.1) is 0 Å². The molecule has 0 radical (unpaired) electrons. The van der Waals surface area contributed by atoms with E-state index in [9.17, 15) is 13.2 Å². The molecule has 2 N–H and O–H groups in total. The fourth-order valence-corrected chi connectivity index (χ4v) is 3.72. The SMILES string of the molecule is CNS(=O)(=O)NCC(=O)N1CCCC1c1cccc2ccccc12. The van der Waals surface area contributed by atoms with Gasteiger partial charge in [0.15, 0.2) is 0 Å². The van der Waals surface area contributed by atoms with E-state index in [2.05, 4.69) is 33.7 Å². The molecule has 2 aromatic carbocycles. The topological polar surface area (TPSA) is 78.5 Å². The van der Waals surface area contributed by atoms with Crippen LogP contribution < -0.4 is 9.44 Å². The summed E-state index contributed by atoms with van der Waals surface area (Å²) in [6, 6.07) is 14.2. The third-order valence-electron chi connectivity index (χ3n) is 4.44. The standard InChI is InChI=1S/C17H21N3O3S/c1-18-24(22,23)19-12-17(21)20-11-5-10-16(20)15-9-4-7-13-6-2-3-8-14(13)15/h2-4,6-9,16,18-19H,5,10-12H2,1H3. The third-order valence-corrected chi connectivity index (χ3v) is 5.50. The lowest BCUT2D eigenvalue weighted by molar-refractivity contribution is -0.130. The molecule has 2 aromatic rings. The Hall–Kier alpha value is -1.96. The van der Waals surface area contributed by atoms with Crippen molar-refractivity contribution in [2.45, 2.75) is 18.9 Å². The molecule has 1 unspecified atom stereocenters. The van der Waals surface area contributed by atoms with Crippen LogP contribution in [0.5, 0.6) is 0 Å². The Balaban J connectivity index is 1.84. The van der Waals surface area contributed by atoms with Gasteiger partial charge in [-0.1, -0.05) is 42.5 Å². The van der Waals surface area contributed by atoms with Gasteiger partial charge in [-0.15, -0.1) is 0 Å². The highest BCUT2D eigenvalue weighted by Gasteiger charge is 2.31. The van der Waals surface area contributed by atoms with Crippen molar-refractivity contribution < 1.29 is 13.2 Å². The highest BCUT2D eigenvalue weighted by Crippen LogP contribution is 2.35. The Morgan fingerprint density at radius 3 is 2.75 bits per heavy atom. The smallest absolute Gasteiger partial charge is 0.277 e.